The minimum absolute atomic E-state index is 0.170. The van der Waals surface area contributed by atoms with Crippen molar-refractivity contribution in [3.63, 3.8) is 0 Å². The number of hydrogen-bond acceptors (Lipinski definition) is 4. The first-order valence-electron chi connectivity index (χ1n) is 10.4. The highest BCUT2D eigenvalue weighted by molar-refractivity contribution is 7.90. The molecule has 0 aliphatic heterocycles. The normalized spacial score (nSPS) is 12.9. The summed E-state index contributed by atoms with van der Waals surface area (Å²) in [5, 5.41) is 2.72. The molecule has 5 aromatic rings. The van der Waals surface area contributed by atoms with Crippen molar-refractivity contribution >= 4 is 40.7 Å². The molecule has 1 unspecified atom stereocenters. The van der Waals surface area contributed by atoms with Crippen molar-refractivity contribution in [1.29, 1.82) is 0 Å². The average molecular weight is 490 g/mol. The summed E-state index contributed by atoms with van der Waals surface area (Å²) in [5.41, 5.74) is 3.08. The fourth-order valence-corrected chi connectivity index (χ4v) is 7.35. The molecule has 0 spiro atoms. The Morgan fingerprint density at radius 2 is 1.55 bits per heavy atom. The van der Waals surface area contributed by atoms with Crippen LogP contribution in [0.3, 0.4) is 0 Å². The Kier molecular flexibility index (Phi) is 5.75. The summed E-state index contributed by atoms with van der Waals surface area (Å²) in [4.78, 5) is 1.04. The third-order valence-corrected chi connectivity index (χ3v) is 9.25. The lowest BCUT2D eigenvalue weighted by Crippen LogP contribution is -2.17. The average Bonchev–Trinajstić information content (AvgIpc) is 3.47. The van der Waals surface area contributed by atoms with Gasteiger partial charge in [-0.25, -0.2) is 12.4 Å². The topological polar surface area (TPSA) is 56.1 Å². The summed E-state index contributed by atoms with van der Waals surface area (Å²) in [6.07, 6.45) is 0. The standard InChI is InChI=1S/C26H20NO3PS2/c1-18-13-15-20(16-14-18)33(29,30)27-22-11-6-5-10-21(22)24(19-8-3-2-4-9-19)25(27)26(31-28)23-12-7-17-32-23/h2-17,26H,1H3. The van der Waals surface area contributed by atoms with E-state index in [9.17, 15) is 13.0 Å². The van der Waals surface area contributed by atoms with E-state index in [0.717, 1.165) is 27.0 Å². The molecule has 33 heavy (non-hydrogen) atoms. The van der Waals surface area contributed by atoms with Crippen LogP contribution in [-0.2, 0) is 14.6 Å². The van der Waals surface area contributed by atoms with Crippen molar-refractivity contribution in [2.45, 2.75) is 17.5 Å². The lowest BCUT2D eigenvalue weighted by atomic mass is 10.00. The number of rotatable bonds is 6. The highest BCUT2D eigenvalue weighted by Crippen LogP contribution is 2.47. The monoisotopic (exact) mass is 489 g/mol. The predicted octanol–water partition coefficient (Wildman–Crippen LogP) is 7.30. The Hall–Kier alpha value is -3.05. The van der Waals surface area contributed by atoms with Crippen LogP contribution in [0.25, 0.3) is 22.0 Å². The summed E-state index contributed by atoms with van der Waals surface area (Å²) in [7, 11) is -4.14. The molecule has 0 aliphatic rings. The van der Waals surface area contributed by atoms with E-state index in [1.807, 2.05) is 79.0 Å². The van der Waals surface area contributed by atoms with Gasteiger partial charge in [0.25, 0.3) is 10.0 Å². The van der Waals surface area contributed by atoms with Crippen LogP contribution in [0.1, 0.15) is 21.8 Å². The zero-order valence-electron chi connectivity index (χ0n) is 17.8. The minimum Gasteiger partial charge on any atom is -0.274 e. The maximum Gasteiger partial charge on any atom is 0.268 e. The van der Waals surface area contributed by atoms with Gasteiger partial charge in [0.1, 0.15) is 5.66 Å². The maximum absolute atomic E-state index is 14.1. The van der Waals surface area contributed by atoms with Crippen molar-refractivity contribution in [2.75, 3.05) is 0 Å². The van der Waals surface area contributed by atoms with Crippen molar-refractivity contribution in [3.05, 3.63) is 113 Å². The quantitative estimate of drug-likeness (QED) is 0.235. The van der Waals surface area contributed by atoms with E-state index >= 15 is 0 Å². The first kappa shape index (κ1) is 21.8. The van der Waals surface area contributed by atoms with Crippen LogP contribution in [0.2, 0.25) is 0 Å². The second-order valence-corrected chi connectivity index (χ2v) is 11.2. The molecule has 0 radical (unpaired) electrons. The van der Waals surface area contributed by atoms with Gasteiger partial charge >= 0.3 is 0 Å². The van der Waals surface area contributed by atoms with E-state index in [4.69, 9.17) is 0 Å². The van der Waals surface area contributed by atoms with Crippen molar-refractivity contribution in [1.82, 2.24) is 3.97 Å². The first-order chi connectivity index (χ1) is 16.0. The fourth-order valence-electron chi connectivity index (χ4n) is 4.15. The van der Waals surface area contributed by atoms with Crippen LogP contribution in [0.5, 0.6) is 0 Å². The number of hydrogen-bond donors (Lipinski definition) is 0. The van der Waals surface area contributed by atoms with E-state index in [0.29, 0.717) is 11.2 Å². The molecule has 0 amide bonds. The molecule has 0 saturated heterocycles. The highest BCUT2D eigenvalue weighted by Gasteiger charge is 2.33. The number of fused-ring (bicyclic) bond motifs is 1. The molecular formula is C26H20NO3PS2. The Labute approximate surface area is 198 Å². The molecule has 4 nitrogen and oxygen atoms in total. The van der Waals surface area contributed by atoms with Crippen LogP contribution in [0.4, 0.5) is 0 Å². The second-order valence-electron chi connectivity index (χ2n) is 7.75. The van der Waals surface area contributed by atoms with Crippen LogP contribution in [0, 0.1) is 6.92 Å². The third-order valence-electron chi connectivity index (χ3n) is 5.67. The van der Waals surface area contributed by atoms with Gasteiger partial charge in [-0.2, -0.15) is 0 Å². The molecule has 7 heteroatoms. The SMILES string of the molecule is Cc1ccc(S(=O)(=O)n2c(C(P=O)c3cccs3)c(-c3ccccc3)c3ccccc32)cc1. The van der Waals surface area contributed by atoms with E-state index in [1.165, 1.54) is 15.3 Å². The molecule has 1 atom stereocenters. The molecule has 2 aromatic heterocycles. The molecule has 3 aromatic carbocycles. The van der Waals surface area contributed by atoms with Crippen molar-refractivity contribution < 1.29 is 13.0 Å². The van der Waals surface area contributed by atoms with E-state index in [2.05, 4.69) is 0 Å². The third kappa shape index (κ3) is 3.74. The Morgan fingerprint density at radius 1 is 0.848 bits per heavy atom. The van der Waals surface area contributed by atoms with Gasteiger partial charge in [-0.15, -0.1) is 11.3 Å². The summed E-state index contributed by atoms with van der Waals surface area (Å²) < 4.78 is 42.2. The van der Waals surface area contributed by atoms with Gasteiger partial charge in [0, 0.05) is 15.8 Å². The molecule has 0 bridgehead atoms. The van der Waals surface area contributed by atoms with Crippen LogP contribution in [0.15, 0.2) is 101 Å². The summed E-state index contributed by atoms with van der Waals surface area (Å²) in [5.74, 6) is 0. The number of para-hydroxylation sites is 1. The first-order valence-corrected chi connectivity index (χ1v) is 13.6. The maximum atomic E-state index is 14.1. The van der Waals surface area contributed by atoms with Crippen LogP contribution in [-0.4, -0.2) is 12.4 Å². The molecule has 0 N–H and O–H groups in total. The number of aryl methyl sites for hydroxylation is 1. The van der Waals surface area contributed by atoms with Crippen molar-refractivity contribution in [2.24, 2.45) is 0 Å². The molecular weight excluding hydrogens is 469 g/mol. The number of aromatic nitrogens is 1. The zero-order chi connectivity index (χ0) is 23.0. The molecule has 2 heterocycles. The fraction of sp³-hybridized carbons (Fsp3) is 0.0769. The van der Waals surface area contributed by atoms with E-state index < -0.39 is 15.7 Å². The van der Waals surface area contributed by atoms with Gasteiger partial charge in [0.2, 0.25) is 0 Å². The molecule has 5 rings (SSSR count). The smallest absolute Gasteiger partial charge is 0.268 e. The molecule has 0 saturated carbocycles. The van der Waals surface area contributed by atoms with Gasteiger partial charge in [-0.3, -0.25) is 4.57 Å². The van der Waals surface area contributed by atoms with Crippen LogP contribution >= 0.6 is 19.8 Å². The van der Waals surface area contributed by atoms with E-state index in [-0.39, 0.29) is 13.4 Å². The summed E-state index contributed by atoms with van der Waals surface area (Å²) in [6.45, 7) is 1.92. The van der Waals surface area contributed by atoms with E-state index in [1.54, 1.807) is 24.3 Å². The lowest BCUT2D eigenvalue weighted by Gasteiger charge is -2.17. The number of nitrogens with zero attached hydrogens (tertiary/aromatic N) is 1. The Balaban J connectivity index is 1.94. The summed E-state index contributed by atoms with van der Waals surface area (Å²) >= 11 is 1.47. The lowest BCUT2D eigenvalue weighted by molar-refractivity contribution is 0.586. The number of thiophene rings is 1. The van der Waals surface area contributed by atoms with Crippen molar-refractivity contribution in [3.8, 4) is 11.1 Å². The molecule has 0 aliphatic carbocycles. The van der Waals surface area contributed by atoms with Gasteiger partial charge in [0.05, 0.1) is 16.1 Å². The largest absolute Gasteiger partial charge is 0.274 e. The Morgan fingerprint density at radius 3 is 2.21 bits per heavy atom. The number of benzene rings is 3. The van der Waals surface area contributed by atoms with Gasteiger partial charge in [-0.1, -0.05) is 72.3 Å². The Bertz CT molecular complexity index is 1540. The zero-order valence-corrected chi connectivity index (χ0v) is 20.3. The highest BCUT2D eigenvalue weighted by atomic mass is 32.2. The minimum atomic E-state index is -3.97. The van der Waals surface area contributed by atoms with Gasteiger partial charge in [0.15, 0.2) is 8.46 Å². The van der Waals surface area contributed by atoms with Gasteiger partial charge < -0.3 is 0 Å². The summed E-state index contributed by atoms with van der Waals surface area (Å²) in [6, 6.07) is 27.8. The second kappa shape index (κ2) is 8.71. The van der Waals surface area contributed by atoms with Crippen LogP contribution < -0.4 is 0 Å². The predicted molar refractivity (Wildman–Crippen MR) is 135 cm³/mol. The van der Waals surface area contributed by atoms with Gasteiger partial charge in [-0.05, 0) is 42.1 Å². The molecule has 0 fully saturated rings. The molecule has 164 valence electrons.